The van der Waals surface area contributed by atoms with E-state index in [1.165, 1.54) is 0 Å². The fraction of sp³-hybridized carbons (Fsp3) is 0.500. The van der Waals surface area contributed by atoms with E-state index in [4.69, 9.17) is 19.2 Å². The molecule has 5 atom stereocenters. The zero-order valence-corrected chi connectivity index (χ0v) is 22.7. The molecule has 0 radical (unpaired) electrons. The molecule has 2 aliphatic heterocycles. The third kappa shape index (κ3) is 4.95. The second-order valence-electron chi connectivity index (χ2n) is 10.4. The molecule has 4 unspecified atom stereocenters. The van der Waals surface area contributed by atoms with Gasteiger partial charge in [-0.2, -0.15) is 9.97 Å². The normalized spacial score (nSPS) is 25.5. The van der Waals surface area contributed by atoms with Gasteiger partial charge in [-0.1, -0.05) is 6.08 Å². The summed E-state index contributed by atoms with van der Waals surface area (Å²) in [6, 6.07) is 10.5. The Morgan fingerprint density at radius 1 is 1.11 bits per heavy atom. The number of pyridine rings is 1. The Hall–Kier alpha value is -3.23. The topological polar surface area (TPSA) is 86.6 Å². The van der Waals surface area contributed by atoms with Gasteiger partial charge < -0.3 is 23.8 Å². The van der Waals surface area contributed by atoms with E-state index < -0.39 is 6.10 Å². The van der Waals surface area contributed by atoms with Gasteiger partial charge in [0, 0.05) is 36.9 Å². The average molecular weight is 520 g/mol. The maximum Gasteiger partial charge on any atom is 0.320 e. The molecule has 0 amide bonds. The Balaban J connectivity index is 1.57. The van der Waals surface area contributed by atoms with Crippen molar-refractivity contribution < 1.29 is 23.8 Å². The Morgan fingerprint density at radius 3 is 2.66 bits per heavy atom. The van der Waals surface area contributed by atoms with Gasteiger partial charge in [0.05, 0.1) is 38.4 Å². The highest BCUT2D eigenvalue weighted by Crippen LogP contribution is 2.48. The minimum Gasteiger partial charge on any atom is -0.497 e. The van der Waals surface area contributed by atoms with Crippen molar-refractivity contribution in [3.63, 3.8) is 0 Å². The number of ether oxygens (including phenoxy) is 3. The van der Waals surface area contributed by atoms with Crippen molar-refractivity contribution in [1.82, 2.24) is 15.0 Å². The lowest BCUT2D eigenvalue weighted by Crippen LogP contribution is -2.69. The summed E-state index contributed by atoms with van der Waals surface area (Å²) in [6.45, 7) is 10.7. The molecule has 2 aliphatic rings. The van der Waals surface area contributed by atoms with Gasteiger partial charge in [-0.25, -0.2) is 0 Å². The predicted molar refractivity (Wildman–Crippen MR) is 146 cm³/mol. The number of methoxy groups -OCH3 is 1. The number of aliphatic hydroxyl groups excluding tert-OH is 1. The van der Waals surface area contributed by atoms with E-state index >= 15 is 0 Å². The Morgan fingerprint density at radius 2 is 1.95 bits per heavy atom. The quantitative estimate of drug-likeness (QED) is 0.298. The molecular weight excluding hydrogens is 480 g/mol. The van der Waals surface area contributed by atoms with Gasteiger partial charge in [-0.3, -0.25) is 4.98 Å². The van der Waals surface area contributed by atoms with Crippen LogP contribution in [0.2, 0.25) is 0 Å². The van der Waals surface area contributed by atoms with Crippen molar-refractivity contribution in [2.24, 2.45) is 5.92 Å². The van der Waals surface area contributed by atoms with Crippen molar-refractivity contribution in [2.45, 2.75) is 64.3 Å². The number of fused-ring (bicyclic) bond motifs is 2. The average Bonchev–Trinajstić information content (AvgIpc) is 3.02. The Kier molecular flexibility index (Phi) is 7.81. The number of hydrogen-bond donors (Lipinski definition) is 1. The first-order valence-corrected chi connectivity index (χ1v) is 13.7. The summed E-state index contributed by atoms with van der Waals surface area (Å²) in [5.41, 5.74) is 2.63. The van der Waals surface area contributed by atoms with Crippen LogP contribution in [-0.2, 0) is 6.54 Å². The number of quaternary nitrogens is 1. The number of hydrogen-bond acceptors (Lipinski definition) is 7. The SMILES string of the molecule is C=CC1CCC(C(O)c2ccnc3ccc(OC)cc23)[N@+]2(Cc3cc(OCC)nc(OCC)n3)CCC2C1. The third-order valence-electron chi connectivity index (χ3n) is 8.43. The molecule has 8 nitrogen and oxygen atoms in total. The summed E-state index contributed by atoms with van der Waals surface area (Å²) in [5, 5.41) is 13.1. The van der Waals surface area contributed by atoms with Crippen LogP contribution in [0.4, 0.5) is 0 Å². The highest BCUT2D eigenvalue weighted by molar-refractivity contribution is 5.83. The summed E-state index contributed by atoms with van der Waals surface area (Å²) < 4.78 is 17.7. The lowest BCUT2D eigenvalue weighted by Gasteiger charge is -2.57. The number of aromatic nitrogens is 3. The number of allylic oxidation sites excluding steroid dienone is 1. The first-order chi connectivity index (χ1) is 18.5. The largest absolute Gasteiger partial charge is 0.497 e. The molecule has 2 saturated heterocycles. The van der Waals surface area contributed by atoms with Crippen LogP contribution in [0.5, 0.6) is 17.6 Å². The van der Waals surface area contributed by atoms with E-state index in [2.05, 4.69) is 22.6 Å². The minimum atomic E-state index is -0.668. The Bertz CT molecular complexity index is 1260. The predicted octanol–water partition coefficient (Wildman–Crippen LogP) is 5.01. The van der Waals surface area contributed by atoms with Crippen LogP contribution < -0.4 is 14.2 Å². The lowest BCUT2D eigenvalue weighted by molar-refractivity contribution is -1.02. The van der Waals surface area contributed by atoms with E-state index in [0.29, 0.717) is 43.6 Å². The van der Waals surface area contributed by atoms with Gasteiger partial charge in [0.15, 0.2) is 0 Å². The van der Waals surface area contributed by atoms with Gasteiger partial charge in [0.1, 0.15) is 30.1 Å². The highest BCUT2D eigenvalue weighted by Gasteiger charge is 2.56. The maximum atomic E-state index is 12.1. The van der Waals surface area contributed by atoms with Gasteiger partial charge >= 0.3 is 6.01 Å². The van der Waals surface area contributed by atoms with Crippen LogP contribution in [0.3, 0.4) is 0 Å². The van der Waals surface area contributed by atoms with Crippen LogP contribution in [0.25, 0.3) is 10.9 Å². The van der Waals surface area contributed by atoms with Crippen molar-refractivity contribution in [3.05, 3.63) is 60.4 Å². The van der Waals surface area contributed by atoms with Crippen LogP contribution in [-0.4, -0.2) is 63.5 Å². The van der Waals surface area contributed by atoms with E-state index in [9.17, 15) is 5.11 Å². The summed E-state index contributed by atoms with van der Waals surface area (Å²) in [4.78, 5) is 13.7. The Labute approximate surface area is 224 Å². The van der Waals surface area contributed by atoms with Gasteiger partial charge in [-0.05, 0) is 56.0 Å². The van der Waals surface area contributed by atoms with E-state index in [1.807, 2.05) is 44.2 Å². The maximum absolute atomic E-state index is 12.1. The van der Waals surface area contributed by atoms with Crippen molar-refractivity contribution >= 4 is 10.9 Å². The molecule has 5 rings (SSSR count). The molecule has 202 valence electrons. The van der Waals surface area contributed by atoms with Crippen LogP contribution >= 0.6 is 0 Å². The molecule has 38 heavy (non-hydrogen) atoms. The fourth-order valence-corrected chi connectivity index (χ4v) is 6.48. The second kappa shape index (κ2) is 11.3. The molecule has 2 fully saturated rings. The van der Waals surface area contributed by atoms with Gasteiger partial charge in [0.25, 0.3) is 0 Å². The third-order valence-corrected chi connectivity index (χ3v) is 8.43. The molecule has 0 saturated carbocycles. The number of aliphatic hydroxyl groups is 1. The number of rotatable bonds is 10. The van der Waals surface area contributed by atoms with Crippen LogP contribution in [0.15, 0.2) is 49.2 Å². The summed E-state index contributed by atoms with van der Waals surface area (Å²) >= 11 is 0. The summed E-state index contributed by atoms with van der Waals surface area (Å²) in [6.07, 6.45) is 7.31. The standard InChI is InChI=1S/C30H39N4O4/c1-5-20-8-11-27(29(35)24-12-14-31-26-10-9-23(36-4)18-25(24)26)34(15-13-22(34)16-20)19-21-17-28(37-6-2)33-30(32-21)38-7-3/h5,9-10,12,14,17-18,20,22,27,29,35H,1,6-8,11,13,15-16,19H2,2-4H3/q+1/t20?,22?,27?,29?,34-/m0/s1. The lowest BCUT2D eigenvalue weighted by atomic mass is 9.85. The monoisotopic (exact) mass is 519 g/mol. The van der Waals surface area contributed by atoms with E-state index in [1.54, 1.807) is 13.3 Å². The molecule has 4 heterocycles. The van der Waals surface area contributed by atoms with Gasteiger partial charge in [-0.15, -0.1) is 6.58 Å². The van der Waals surface area contributed by atoms with Crippen molar-refractivity contribution in [1.29, 1.82) is 0 Å². The van der Waals surface area contributed by atoms with E-state index in [0.717, 1.165) is 64.6 Å². The minimum absolute atomic E-state index is 0.00319. The second-order valence-corrected chi connectivity index (χ2v) is 10.4. The first kappa shape index (κ1) is 26.4. The molecule has 3 aromatic rings. The molecule has 0 bridgehead atoms. The summed E-state index contributed by atoms with van der Waals surface area (Å²) in [5.74, 6) is 1.72. The first-order valence-electron chi connectivity index (χ1n) is 13.7. The van der Waals surface area contributed by atoms with Gasteiger partial charge in [0.2, 0.25) is 5.88 Å². The molecular formula is C30H39N4O4+. The number of benzene rings is 1. The van der Waals surface area contributed by atoms with E-state index in [-0.39, 0.29) is 6.04 Å². The fourth-order valence-electron chi connectivity index (χ4n) is 6.48. The van der Waals surface area contributed by atoms with Crippen molar-refractivity contribution in [3.8, 4) is 17.6 Å². The zero-order chi connectivity index (χ0) is 26.7. The molecule has 2 aromatic heterocycles. The highest BCUT2D eigenvalue weighted by atomic mass is 16.5. The molecule has 8 heteroatoms. The summed E-state index contributed by atoms with van der Waals surface area (Å²) in [7, 11) is 1.66. The zero-order valence-electron chi connectivity index (χ0n) is 22.7. The molecule has 0 aliphatic carbocycles. The number of nitrogens with zero attached hydrogens (tertiary/aromatic N) is 4. The molecule has 1 N–H and O–H groups in total. The smallest absolute Gasteiger partial charge is 0.320 e. The van der Waals surface area contributed by atoms with Crippen molar-refractivity contribution in [2.75, 3.05) is 26.9 Å². The molecule has 0 spiro atoms. The molecule has 1 aromatic carbocycles. The van der Waals surface area contributed by atoms with Crippen LogP contribution in [0, 0.1) is 5.92 Å². The van der Waals surface area contributed by atoms with Crippen LogP contribution in [0.1, 0.15) is 56.9 Å².